The molecule has 7 N–H and O–H groups in total. The maximum atomic E-state index is 12.4. The maximum absolute atomic E-state index is 12.4. The predicted octanol–water partition coefficient (Wildman–Crippen LogP) is 0.795. The molecule has 0 bridgehead atoms. The summed E-state index contributed by atoms with van der Waals surface area (Å²) in [6.07, 6.45) is 0.191. The number of anilines is 2. The minimum atomic E-state index is -1.28. The number of pyridine rings is 1. The van der Waals surface area contributed by atoms with Crippen molar-refractivity contribution in [3.8, 4) is 0 Å². The lowest BCUT2D eigenvalue weighted by Gasteiger charge is -2.28. The summed E-state index contributed by atoms with van der Waals surface area (Å²) in [5, 5.41) is 21.0. The van der Waals surface area contributed by atoms with Gasteiger partial charge in [0.2, 0.25) is 5.95 Å². The fraction of sp³-hybridized carbons (Fsp3) is 0.304. The highest BCUT2D eigenvalue weighted by atomic mass is 16.4. The van der Waals surface area contributed by atoms with Gasteiger partial charge in [-0.05, 0) is 35.7 Å². The number of carboxylic acids is 2. The summed E-state index contributed by atoms with van der Waals surface area (Å²) >= 11 is 0. The SMILES string of the molecule is Nc1nc(N)c2cc3c(nc2n1)CCN(Cc1ccc(C(=O)N[C@@H](CCC(=O)O)C(=O)O)cc1)C3. The number of carboxylic acid groups (broad SMARTS) is 2. The number of nitrogens with one attached hydrogen (secondary N) is 1. The number of nitrogens with two attached hydrogens (primary N) is 2. The van der Waals surface area contributed by atoms with E-state index in [0.29, 0.717) is 35.5 Å². The highest BCUT2D eigenvalue weighted by Gasteiger charge is 2.22. The smallest absolute Gasteiger partial charge is 0.326 e. The van der Waals surface area contributed by atoms with Crippen LogP contribution in [0.5, 0.6) is 0 Å². The highest BCUT2D eigenvalue weighted by molar-refractivity contribution is 5.96. The Morgan fingerprint density at radius 3 is 2.51 bits per heavy atom. The molecule has 12 nitrogen and oxygen atoms in total. The van der Waals surface area contributed by atoms with Gasteiger partial charge in [-0.25, -0.2) is 9.78 Å². The van der Waals surface area contributed by atoms with Crippen LogP contribution in [0.1, 0.15) is 40.0 Å². The number of aliphatic carboxylic acids is 2. The van der Waals surface area contributed by atoms with Crippen molar-refractivity contribution >= 4 is 40.6 Å². The van der Waals surface area contributed by atoms with Crippen molar-refractivity contribution in [1.29, 1.82) is 0 Å². The predicted molar refractivity (Wildman–Crippen MR) is 126 cm³/mol. The molecular formula is C23H25N7O5. The van der Waals surface area contributed by atoms with E-state index in [9.17, 15) is 19.5 Å². The van der Waals surface area contributed by atoms with Gasteiger partial charge in [0.15, 0.2) is 5.65 Å². The Hall–Kier alpha value is -4.32. The molecule has 3 aromatic rings. The summed E-state index contributed by atoms with van der Waals surface area (Å²) in [5.74, 6) is -2.58. The monoisotopic (exact) mass is 479 g/mol. The molecule has 1 amide bonds. The van der Waals surface area contributed by atoms with E-state index in [2.05, 4.69) is 25.2 Å². The Labute approximate surface area is 200 Å². The van der Waals surface area contributed by atoms with Crippen LogP contribution in [-0.4, -0.2) is 60.5 Å². The normalized spacial score (nSPS) is 14.3. The first kappa shape index (κ1) is 23.8. The van der Waals surface area contributed by atoms with Crippen LogP contribution >= 0.6 is 0 Å². The van der Waals surface area contributed by atoms with Crippen LogP contribution < -0.4 is 16.8 Å². The number of nitrogen functional groups attached to an aromatic ring is 2. The Balaban J connectivity index is 1.40. The highest BCUT2D eigenvalue weighted by Crippen LogP contribution is 2.25. The zero-order valence-electron chi connectivity index (χ0n) is 18.8. The molecule has 0 aliphatic carbocycles. The van der Waals surface area contributed by atoms with Crippen LogP contribution in [0.2, 0.25) is 0 Å². The van der Waals surface area contributed by atoms with Crippen LogP contribution in [0.15, 0.2) is 30.3 Å². The van der Waals surface area contributed by atoms with Crippen molar-refractivity contribution in [2.24, 2.45) is 0 Å². The lowest BCUT2D eigenvalue weighted by atomic mass is 10.0. The van der Waals surface area contributed by atoms with Crippen LogP contribution in [-0.2, 0) is 29.1 Å². The van der Waals surface area contributed by atoms with Crippen molar-refractivity contribution in [3.05, 3.63) is 52.7 Å². The Morgan fingerprint density at radius 1 is 1.09 bits per heavy atom. The first-order chi connectivity index (χ1) is 16.7. The van der Waals surface area contributed by atoms with Gasteiger partial charge in [0.05, 0.1) is 5.39 Å². The van der Waals surface area contributed by atoms with Gasteiger partial charge in [0.25, 0.3) is 5.91 Å². The summed E-state index contributed by atoms with van der Waals surface area (Å²) in [4.78, 5) is 49.5. The second kappa shape index (κ2) is 9.89. The van der Waals surface area contributed by atoms with E-state index in [4.69, 9.17) is 16.6 Å². The van der Waals surface area contributed by atoms with Gasteiger partial charge in [0.1, 0.15) is 11.9 Å². The molecule has 1 atom stereocenters. The van der Waals surface area contributed by atoms with Gasteiger partial charge in [-0.1, -0.05) is 12.1 Å². The van der Waals surface area contributed by atoms with E-state index >= 15 is 0 Å². The summed E-state index contributed by atoms with van der Waals surface area (Å²) in [6.45, 7) is 2.09. The molecule has 0 fully saturated rings. The summed E-state index contributed by atoms with van der Waals surface area (Å²) in [5.41, 5.74) is 15.4. The average Bonchev–Trinajstić information content (AvgIpc) is 2.80. The summed E-state index contributed by atoms with van der Waals surface area (Å²) in [6, 6.07) is 7.55. The van der Waals surface area contributed by atoms with Crippen molar-refractivity contribution in [1.82, 2.24) is 25.2 Å². The molecule has 0 spiro atoms. The fourth-order valence-electron chi connectivity index (χ4n) is 4.03. The Morgan fingerprint density at radius 2 is 1.83 bits per heavy atom. The van der Waals surface area contributed by atoms with Crippen LogP contribution in [0, 0.1) is 0 Å². The van der Waals surface area contributed by atoms with Gasteiger partial charge in [-0.2, -0.15) is 9.97 Å². The van der Waals surface area contributed by atoms with Gasteiger partial charge >= 0.3 is 11.9 Å². The molecular weight excluding hydrogens is 454 g/mol. The average molecular weight is 479 g/mol. The molecule has 0 radical (unpaired) electrons. The van der Waals surface area contributed by atoms with Crippen LogP contribution in [0.4, 0.5) is 11.8 Å². The minimum absolute atomic E-state index is 0.0933. The van der Waals surface area contributed by atoms with E-state index in [0.717, 1.165) is 29.8 Å². The lowest BCUT2D eigenvalue weighted by molar-refractivity contribution is -0.140. The standard InChI is InChI=1S/C23H25N7O5/c24-19-15-9-14-11-30(8-7-16(14)26-20(15)29-23(25)28-19)10-12-1-3-13(4-2-12)21(33)27-17(22(34)35)5-6-18(31)32/h1-4,9,17H,5-8,10-11H2,(H,27,33)(H,31,32)(H,34,35)(H4,24,25,26,28,29)/t17-/m0/s1. The number of hydrogen-bond donors (Lipinski definition) is 5. The molecule has 35 heavy (non-hydrogen) atoms. The zero-order chi connectivity index (χ0) is 25.1. The number of aromatic nitrogens is 3. The van der Waals surface area contributed by atoms with E-state index < -0.39 is 23.9 Å². The molecule has 1 aliphatic rings. The van der Waals surface area contributed by atoms with E-state index in [-0.39, 0.29) is 18.8 Å². The molecule has 0 unspecified atom stereocenters. The van der Waals surface area contributed by atoms with Crippen molar-refractivity contribution in [3.63, 3.8) is 0 Å². The molecule has 12 heteroatoms. The lowest BCUT2D eigenvalue weighted by Crippen LogP contribution is -2.41. The minimum Gasteiger partial charge on any atom is -0.481 e. The number of hydrogen-bond acceptors (Lipinski definition) is 9. The largest absolute Gasteiger partial charge is 0.481 e. The first-order valence-electron chi connectivity index (χ1n) is 11.0. The van der Waals surface area contributed by atoms with E-state index in [1.165, 1.54) is 0 Å². The molecule has 1 aliphatic heterocycles. The third kappa shape index (κ3) is 5.61. The number of benzene rings is 1. The van der Waals surface area contributed by atoms with Crippen LogP contribution in [0.3, 0.4) is 0 Å². The molecule has 182 valence electrons. The Kier molecular flexibility index (Phi) is 6.73. The van der Waals surface area contributed by atoms with E-state index in [1.54, 1.807) is 12.1 Å². The third-order valence-electron chi connectivity index (χ3n) is 5.83. The number of carbonyl (C=O) groups excluding carboxylic acids is 1. The number of rotatable bonds is 8. The number of amides is 1. The molecule has 0 saturated heterocycles. The van der Waals surface area contributed by atoms with Gasteiger partial charge in [0, 0.05) is 43.7 Å². The number of nitrogens with zero attached hydrogens (tertiary/aromatic N) is 4. The molecule has 2 aromatic heterocycles. The fourth-order valence-corrected chi connectivity index (χ4v) is 4.03. The van der Waals surface area contributed by atoms with Gasteiger partial charge in [-0.15, -0.1) is 0 Å². The number of carbonyl (C=O) groups is 3. The van der Waals surface area contributed by atoms with Crippen molar-refractivity contribution < 1.29 is 24.6 Å². The Bertz CT molecular complexity index is 1300. The molecule has 3 heterocycles. The second-order valence-electron chi connectivity index (χ2n) is 8.39. The molecule has 1 aromatic carbocycles. The van der Waals surface area contributed by atoms with Gasteiger partial charge < -0.3 is 27.0 Å². The van der Waals surface area contributed by atoms with Gasteiger partial charge in [-0.3, -0.25) is 14.5 Å². The number of fused-ring (bicyclic) bond motifs is 2. The summed E-state index contributed by atoms with van der Waals surface area (Å²) < 4.78 is 0. The summed E-state index contributed by atoms with van der Waals surface area (Å²) in [7, 11) is 0. The molecule has 4 rings (SSSR count). The second-order valence-corrected chi connectivity index (χ2v) is 8.39. The topological polar surface area (TPSA) is 198 Å². The van der Waals surface area contributed by atoms with Crippen molar-refractivity contribution in [2.45, 2.75) is 38.4 Å². The quantitative estimate of drug-likeness (QED) is 0.306. The molecule has 0 saturated carbocycles. The third-order valence-corrected chi connectivity index (χ3v) is 5.83. The zero-order valence-corrected chi connectivity index (χ0v) is 18.8. The maximum Gasteiger partial charge on any atom is 0.326 e. The van der Waals surface area contributed by atoms with E-state index in [1.807, 2.05) is 18.2 Å². The van der Waals surface area contributed by atoms with Crippen molar-refractivity contribution in [2.75, 3.05) is 18.0 Å². The first-order valence-corrected chi connectivity index (χ1v) is 11.0. The van der Waals surface area contributed by atoms with Crippen LogP contribution in [0.25, 0.3) is 11.0 Å².